The van der Waals surface area contributed by atoms with Crippen molar-refractivity contribution in [2.24, 2.45) is 33.5 Å². The molecule has 6 aliphatic rings. The Morgan fingerprint density at radius 1 is 0.978 bits per heavy atom. The monoisotopic (exact) mass is 612 g/mol. The summed E-state index contributed by atoms with van der Waals surface area (Å²) in [6.07, 6.45) is 13.3. The predicted octanol–water partition coefficient (Wildman–Crippen LogP) is 6.67. The van der Waals surface area contributed by atoms with Gasteiger partial charge in [-0.1, -0.05) is 62.4 Å². The van der Waals surface area contributed by atoms with Gasteiger partial charge in [-0.2, -0.15) is 0 Å². The largest absolute Gasteiger partial charge is 0.461 e. The number of Topliss-reactive ketones (excluding diaryl/α,β-unsaturated/α-hetero) is 1. The molecule has 240 valence electrons. The highest BCUT2D eigenvalue weighted by Crippen LogP contribution is 2.78. The van der Waals surface area contributed by atoms with Crippen LogP contribution in [0.5, 0.6) is 0 Å². The maximum absolute atomic E-state index is 14.4. The fraction of sp³-hybridized carbons (Fsp3) is 0.579. The molecule has 0 aliphatic heterocycles. The van der Waals surface area contributed by atoms with Crippen LogP contribution in [0.4, 0.5) is 4.79 Å². The number of hydrogen-bond donors (Lipinski definition) is 3. The molecule has 2 spiro atoms. The third-order valence-electron chi connectivity index (χ3n) is 13.1. The fourth-order valence-electron chi connectivity index (χ4n) is 10.8. The van der Waals surface area contributed by atoms with E-state index in [-0.39, 0.29) is 41.7 Å². The number of furan rings is 1. The number of fused-ring (bicyclic) bond motifs is 1. The number of carbonyl (C=O) groups excluding carboxylic acids is 2. The van der Waals surface area contributed by atoms with Gasteiger partial charge in [0.05, 0.1) is 24.5 Å². The van der Waals surface area contributed by atoms with Gasteiger partial charge < -0.3 is 24.8 Å². The molecule has 45 heavy (non-hydrogen) atoms. The van der Waals surface area contributed by atoms with Gasteiger partial charge in [-0.25, -0.2) is 4.79 Å². The molecule has 3 N–H and O–H groups in total. The minimum atomic E-state index is -1.14. The smallest absolute Gasteiger partial charge is 0.317 e. The van der Waals surface area contributed by atoms with E-state index in [1.165, 1.54) is 0 Å². The average molecular weight is 613 g/mol. The van der Waals surface area contributed by atoms with Crippen molar-refractivity contribution in [3.8, 4) is 0 Å². The van der Waals surface area contributed by atoms with Gasteiger partial charge in [0.25, 0.3) is 0 Å². The van der Waals surface area contributed by atoms with Crippen LogP contribution in [0.1, 0.15) is 88.8 Å². The summed E-state index contributed by atoms with van der Waals surface area (Å²) in [5, 5.41) is 26.8. The van der Waals surface area contributed by atoms with Gasteiger partial charge in [0.1, 0.15) is 0 Å². The third-order valence-corrected chi connectivity index (χ3v) is 13.1. The highest BCUT2D eigenvalue weighted by Gasteiger charge is 2.74. The fourth-order valence-corrected chi connectivity index (χ4v) is 10.8. The highest BCUT2D eigenvalue weighted by molar-refractivity contribution is 6.08. The number of aliphatic hydroxyl groups excluding tert-OH is 1. The van der Waals surface area contributed by atoms with E-state index < -0.39 is 27.9 Å². The number of ketones is 1. The number of hydrogen-bond acceptors (Lipinski definition) is 5. The van der Waals surface area contributed by atoms with Crippen LogP contribution in [0.15, 0.2) is 76.9 Å². The number of benzene rings is 1. The zero-order chi connectivity index (χ0) is 31.8. The number of carbonyl (C=O) groups is 2. The van der Waals surface area contributed by atoms with Crippen LogP contribution in [0.3, 0.4) is 0 Å². The van der Waals surface area contributed by atoms with Crippen LogP contribution in [0.2, 0.25) is 0 Å². The zero-order valence-electron chi connectivity index (χ0n) is 27.1. The van der Waals surface area contributed by atoms with Gasteiger partial charge in [-0.15, -0.1) is 0 Å². The van der Waals surface area contributed by atoms with Gasteiger partial charge >= 0.3 is 6.03 Å². The lowest BCUT2D eigenvalue weighted by Crippen LogP contribution is -2.67. The van der Waals surface area contributed by atoms with Crippen molar-refractivity contribution in [3.05, 3.63) is 83.9 Å². The maximum Gasteiger partial charge on any atom is 0.317 e. The van der Waals surface area contributed by atoms with Crippen LogP contribution in [0.25, 0.3) is 0 Å². The van der Waals surface area contributed by atoms with Crippen molar-refractivity contribution in [2.45, 2.75) is 96.9 Å². The van der Waals surface area contributed by atoms with Gasteiger partial charge in [0.15, 0.2) is 5.76 Å². The minimum absolute atomic E-state index is 0.00359. The van der Waals surface area contributed by atoms with Gasteiger partial charge in [-0.05, 0) is 93.7 Å². The second-order valence-electron chi connectivity index (χ2n) is 15.6. The molecular weight excluding hydrogens is 564 g/mol. The van der Waals surface area contributed by atoms with E-state index in [0.717, 1.165) is 43.2 Å². The van der Waals surface area contributed by atoms with Crippen LogP contribution in [0, 0.1) is 33.5 Å². The first-order chi connectivity index (χ1) is 21.4. The van der Waals surface area contributed by atoms with Crippen molar-refractivity contribution in [2.75, 3.05) is 6.54 Å². The average Bonchev–Trinajstić information content (AvgIpc) is 3.63. The zero-order valence-corrected chi connectivity index (χ0v) is 27.1. The number of rotatable bonds is 7. The summed E-state index contributed by atoms with van der Waals surface area (Å²) in [7, 11) is 0. The normalized spacial score (nSPS) is 39.5. The summed E-state index contributed by atoms with van der Waals surface area (Å²) < 4.78 is 5.69. The highest BCUT2D eigenvalue weighted by atomic mass is 16.3. The molecule has 0 radical (unpaired) electrons. The Labute approximate surface area is 266 Å². The number of nitrogens with zero attached hydrogens (tertiary/aromatic N) is 1. The van der Waals surface area contributed by atoms with Gasteiger partial charge in [0.2, 0.25) is 5.78 Å². The molecule has 3 saturated carbocycles. The number of nitrogens with one attached hydrogen (secondary N) is 1. The molecule has 8 atom stereocenters. The molecule has 8 unspecified atom stereocenters. The Hall–Kier alpha value is -3.16. The predicted molar refractivity (Wildman–Crippen MR) is 172 cm³/mol. The Kier molecular flexibility index (Phi) is 7.07. The van der Waals surface area contributed by atoms with E-state index in [1.807, 2.05) is 44.2 Å². The van der Waals surface area contributed by atoms with E-state index in [9.17, 15) is 19.8 Å². The van der Waals surface area contributed by atoms with Crippen molar-refractivity contribution >= 4 is 11.8 Å². The summed E-state index contributed by atoms with van der Waals surface area (Å²) >= 11 is 0. The topological polar surface area (TPSA) is 103 Å². The molecule has 2 aromatic rings. The molecule has 7 nitrogen and oxygen atoms in total. The molecule has 1 heterocycles. The SMILES string of the molecule is CC(C)NC(=O)N(Cc1ccccc1)CC1(O)CCC2C34C=CC5(C=C3C(=O)c3ccco3)CC(O)CCC5(C)C4CCC21C. The molecule has 1 aromatic carbocycles. The van der Waals surface area contributed by atoms with Crippen LogP contribution in [-0.4, -0.2) is 51.2 Å². The van der Waals surface area contributed by atoms with Gasteiger partial charge in [0, 0.05) is 34.4 Å². The van der Waals surface area contributed by atoms with Crippen molar-refractivity contribution in [1.82, 2.24) is 10.2 Å². The van der Waals surface area contributed by atoms with E-state index in [1.54, 1.807) is 23.3 Å². The van der Waals surface area contributed by atoms with E-state index in [2.05, 4.69) is 37.4 Å². The maximum atomic E-state index is 14.4. The standard InChI is InChI=1S/C38H48N2O5/c1-25(2)39-33(43)40(23-26-9-6-5-7-10-26)24-37(44)17-14-31-35(37,4)16-13-30-34(3)15-12-27(41)21-36(34)18-19-38(30,31)28(22-36)32(42)29-11-8-20-45-29/h5-11,18-20,22,25,27,30-31,41,44H,12-17,21,23-24H2,1-4H3,(H,39,43). The first kappa shape index (κ1) is 30.5. The molecule has 3 fully saturated rings. The summed E-state index contributed by atoms with van der Waals surface area (Å²) in [5.74, 6) is 0.456. The van der Waals surface area contributed by atoms with E-state index in [0.29, 0.717) is 25.1 Å². The first-order valence-corrected chi connectivity index (χ1v) is 16.9. The van der Waals surface area contributed by atoms with Crippen LogP contribution in [-0.2, 0) is 6.54 Å². The minimum Gasteiger partial charge on any atom is -0.461 e. The molecule has 0 saturated heterocycles. The summed E-state index contributed by atoms with van der Waals surface area (Å²) in [6, 6.07) is 13.2. The van der Waals surface area contributed by atoms with Crippen molar-refractivity contribution in [3.63, 3.8) is 0 Å². The molecule has 6 aliphatic carbocycles. The summed E-state index contributed by atoms with van der Waals surface area (Å²) in [6.45, 7) is 9.12. The summed E-state index contributed by atoms with van der Waals surface area (Å²) in [5.41, 5.74) is -0.943. The lowest BCUT2D eigenvalue weighted by Gasteiger charge is -2.71. The van der Waals surface area contributed by atoms with Crippen molar-refractivity contribution in [1.29, 1.82) is 0 Å². The number of amides is 2. The van der Waals surface area contributed by atoms with E-state index in [4.69, 9.17) is 4.42 Å². The molecule has 7 heteroatoms. The number of urea groups is 1. The molecule has 2 bridgehead atoms. The van der Waals surface area contributed by atoms with Gasteiger partial charge in [-0.3, -0.25) is 4.79 Å². The first-order valence-electron chi connectivity index (χ1n) is 16.9. The summed E-state index contributed by atoms with van der Waals surface area (Å²) in [4.78, 5) is 29.8. The quantitative estimate of drug-likeness (QED) is 0.239. The Bertz CT molecular complexity index is 1530. The second-order valence-corrected chi connectivity index (χ2v) is 15.6. The molecule has 8 rings (SSSR count). The number of aliphatic hydroxyl groups is 2. The lowest BCUT2D eigenvalue weighted by molar-refractivity contribution is -0.174. The number of allylic oxidation sites excluding steroid dienone is 4. The Morgan fingerprint density at radius 2 is 1.69 bits per heavy atom. The Balaban J connectivity index is 1.30. The molecule has 2 amide bonds. The molecule has 1 aromatic heterocycles. The molecular formula is C38H48N2O5. The van der Waals surface area contributed by atoms with Crippen LogP contribution >= 0.6 is 0 Å². The third kappa shape index (κ3) is 4.29. The van der Waals surface area contributed by atoms with Crippen LogP contribution < -0.4 is 5.32 Å². The second kappa shape index (κ2) is 10.4. The van der Waals surface area contributed by atoms with E-state index >= 15 is 0 Å². The van der Waals surface area contributed by atoms with Crippen molar-refractivity contribution < 1.29 is 24.2 Å². The Morgan fingerprint density at radius 3 is 2.40 bits per heavy atom. The lowest BCUT2D eigenvalue weighted by atomic mass is 9.32.